The average Bonchev–Trinajstić information content (AvgIpc) is 2.26. The molecule has 0 heteroatoms. The Balaban J connectivity index is 3.58. The summed E-state index contributed by atoms with van der Waals surface area (Å²) >= 11 is 0. The maximum absolute atomic E-state index is 4.24. The van der Waals surface area contributed by atoms with E-state index in [9.17, 15) is 0 Å². The lowest BCUT2D eigenvalue weighted by Crippen LogP contribution is -2.03. The van der Waals surface area contributed by atoms with Crippen molar-refractivity contribution in [2.24, 2.45) is 17.8 Å². The van der Waals surface area contributed by atoms with Crippen molar-refractivity contribution in [2.45, 2.75) is 86.0 Å². The van der Waals surface area contributed by atoms with Crippen LogP contribution in [0.2, 0.25) is 0 Å². The summed E-state index contributed by atoms with van der Waals surface area (Å²) in [6.45, 7) is 15.9. The molecule has 0 heterocycles. The minimum Gasteiger partial charge on any atom is -0.0999 e. The van der Waals surface area contributed by atoms with Gasteiger partial charge in [0.2, 0.25) is 0 Å². The first kappa shape index (κ1) is 17.7. The fraction of sp³-hybridized carbons (Fsp3) is 0.889. The topological polar surface area (TPSA) is 0 Å². The summed E-state index contributed by atoms with van der Waals surface area (Å²) in [5.41, 5.74) is 1.48. The van der Waals surface area contributed by atoms with Crippen LogP contribution in [0, 0.1) is 17.8 Å². The van der Waals surface area contributed by atoms with E-state index in [0.717, 1.165) is 17.8 Å². The van der Waals surface area contributed by atoms with Crippen LogP contribution in [0.4, 0.5) is 0 Å². The van der Waals surface area contributed by atoms with E-state index in [4.69, 9.17) is 0 Å². The molecule has 0 aromatic carbocycles. The van der Waals surface area contributed by atoms with Crippen molar-refractivity contribution in [2.75, 3.05) is 0 Å². The molecule has 0 rings (SSSR count). The van der Waals surface area contributed by atoms with Gasteiger partial charge in [0.05, 0.1) is 0 Å². The van der Waals surface area contributed by atoms with Gasteiger partial charge in [-0.05, 0) is 49.9 Å². The molecule has 0 aliphatic carbocycles. The summed E-state index contributed by atoms with van der Waals surface area (Å²) in [6, 6.07) is 0. The molecule has 0 saturated carbocycles. The van der Waals surface area contributed by atoms with Crippen molar-refractivity contribution in [1.82, 2.24) is 0 Å². The standard InChI is InChI=1S/C18H36/c1-7-9-17(5)14-18(6)13-12-16(4)11-8-10-15(2)3/h15,17-18H,4,7-14H2,1-3,5-6H3. The van der Waals surface area contributed by atoms with Gasteiger partial charge < -0.3 is 0 Å². The molecule has 0 spiro atoms. The molecule has 0 fully saturated rings. The highest BCUT2D eigenvalue weighted by Gasteiger charge is 2.08. The van der Waals surface area contributed by atoms with Gasteiger partial charge in [0.1, 0.15) is 0 Å². The van der Waals surface area contributed by atoms with E-state index in [1.54, 1.807) is 0 Å². The molecule has 0 amide bonds. The van der Waals surface area contributed by atoms with Gasteiger partial charge in [-0.25, -0.2) is 0 Å². The molecule has 0 saturated heterocycles. The molecule has 2 unspecified atom stereocenters. The van der Waals surface area contributed by atoms with Crippen LogP contribution in [-0.4, -0.2) is 0 Å². The molecule has 0 aliphatic rings. The molecule has 0 radical (unpaired) electrons. The molecule has 0 bridgehead atoms. The number of allylic oxidation sites excluding steroid dienone is 1. The van der Waals surface area contributed by atoms with Crippen LogP contribution in [0.3, 0.4) is 0 Å². The van der Waals surface area contributed by atoms with Crippen LogP contribution in [0.25, 0.3) is 0 Å². The summed E-state index contributed by atoms with van der Waals surface area (Å²) < 4.78 is 0. The van der Waals surface area contributed by atoms with Crippen molar-refractivity contribution in [3.63, 3.8) is 0 Å². The summed E-state index contributed by atoms with van der Waals surface area (Å²) in [5.74, 6) is 2.61. The fourth-order valence-corrected chi connectivity index (χ4v) is 2.75. The summed E-state index contributed by atoms with van der Waals surface area (Å²) in [4.78, 5) is 0. The quantitative estimate of drug-likeness (QED) is 0.363. The van der Waals surface area contributed by atoms with Crippen molar-refractivity contribution >= 4 is 0 Å². The van der Waals surface area contributed by atoms with Gasteiger partial charge in [0.15, 0.2) is 0 Å². The first-order valence-electron chi connectivity index (χ1n) is 8.12. The Morgan fingerprint density at radius 1 is 0.889 bits per heavy atom. The minimum absolute atomic E-state index is 0.839. The molecular weight excluding hydrogens is 216 g/mol. The summed E-state index contributed by atoms with van der Waals surface area (Å²) in [6.07, 6.45) is 10.6. The van der Waals surface area contributed by atoms with Crippen molar-refractivity contribution in [3.8, 4) is 0 Å². The van der Waals surface area contributed by atoms with Crippen molar-refractivity contribution in [1.29, 1.82) is 0 Å². The lowest BCUT2D eigenvalue weighted by atomic mass is 9.89. The van der Waals surface area contributed by atoms with Crippen molar-refractivity contribution in [3.05, 3.63) is 12.2 Å². The molecule has 18 heavy (non-hydrogen) atoms. The highest BCUT2D eigenvalue weighted by atomic mass is 14.1. The second-order valence-electron chi connectivity index (χ2n) is 6.81. The molecule has 0 aliphatic heterocycles. The molecule has 0 aromatic heterocycles. The van der Waals surface area contributed by atoms with Gasteiger partial charge >= 0.3 is 0 Å². The Morgan fingerprint density at radius 2 is 1.50 bits per heavy atom. The Kier molecular flexibility index (Phi) is 10.5. The monoisotopic (exact) mass is 252 g/mol. The number of hydrogen-bond donors (Lipinski definition) is 0. The molecule has 0 aromatic rings. The Bertz CT molecular complexity index is 202. The molecular formula is C18H36. The minimum atomic E-state index is 0.839. The lowest BCUT2D eigenvalue weighted by Gasteiger charge is -2.17. The first-order chi connectivity index (χ1) is 8.45. The Morgan fingerprint density at radius 3 is 2.06 bits per heavy atom. The van der Waals surface area contributed by atoms with Crippen LogP contribution in [0.1, 0.15) is 86.0 Å². The second kappa shape index (κ2) is 10.6. The van der Waals surface area contributed by atoms with Crippen molar-refractivity contribution < 1.29 is 0 Å². The maximum atomic E-state index is 4.24. The Labute approximate surface area is 116 Å². The van der Waals surface area contributed by atoms with E-state index >= 15 is 0 Å². The number of rotatable bonds is 11. The normalized spacial score (nSPS) is 14.8. The van der Waals surface area contributed by atoms with Gasteiger partial charge in [0, 0.05) is 0 Å². The van der Waals surface area contributed by atoms with E-state index in [1.807, 2.05) is 0 Å². The van der Waals surface area contributed by atoms with Crippen LogP contribution >= 0.6 is 0 Å². The van der Waals surface area contributed by atoms with E-state index in [-0.39, 0.29) is 0 Å². The van der Waals surface area contributed by atoms with Gasteiger partial charge in [-0.3, -0.25) is 0 Å². The van der Waals surface area contributed by atoms with Gasteiger partial charge in [-0.1, -0.05) is 66.0 Å². The zero-order chi connectivity index (χ0) is 14.0. The van der Waals surface area contributed by atoms with Gasteiger partial charge in [-0.2, -0.15) is 0 Å². The van der Waals surface area contributed by atoms with E-state index in [0.29, 0.717) is 0 Å². The first-order valence-corrected chi connectivity index (χ1v) is 8.12. The van der Waals surface area contributed by atoms with Gasteiger partial charge in [0.25, 0.3) is 0 Å². The highest BCUT2D eigenvalue weighted by Crippen LogP contribution is 2.23. The highest BCUT2D eigenvalue weighted by molar-refractivity contribution is 4.94. The second-order valence-corrected chi connectivity index (χ2v) is 6.81. The summed E-state index contributed by atoms with van der Waals surface area (Å²) in [5, 5.41) is 0. The number of hydrogen-bond acceptors (Lipinski definition) is 0. The maximum Gasteiger partial charge on any atom is -0.0320 e. The molecule has 108 valence electrons. The molecule has 0 N–H and O–H groups in total. The van der Waals surface area contributed by atoms with Crippen LogP contribution < -0.4 is 0 Å². The van der Waals surface area contributed by atoms with E-state index in [1.165, 1.54) is 56.9 Å². The van der Waals surface area contributed by atoms with E-state index < -0.39 is 0 Å². The lowest BCUT2D eigenvalue weighted by molar-refractivity contribution is 0.374. The molecule has 2 atom stereocenters. The van der Waals surface area contributed by atoms with Crippen LogP contribution in [0.5, 0.6) is 0 Å². The van der Waals surface area contributed by atoms with Gasteiger partial charge in [-0.15, -0.1) is 0 Å². The third-order valence-electron chi connectivity index (χ3n) is 3.89. The zero-order valence-corrected chi connectivity index (χ0v) is 13.6. The predicted molar refractivity (Wildman–Crippen MR) is 84.9 cm³/mol. The third kappa shape index (κ3) is 10.9. The smallest absolute Gasteiger partial charge is 0.0320 e. The van der Waals surface area contributed by atoms with E-state index in [2.05, 4.69) is 41.2 Å². The van der Waals surface area contributed by atoms with Crippen LogP contribution in [0.15, 0.2) is 12.2 Å². The zero-order valence-electron chi connectivity index (χ0n) is 13.6. The summed E-state index contributed by atoms with van der Waals surface area (Å²) in [7, 11) is 0. The van der Waals surface area contributed by atoms with Crippen LogP contribution in [-0.2, 0) is 0 Å². The third-order valence-corrected chi connectivity index (χ3v) is 3.89. The molecule has 0 nitrogen and oxygen atoms in total. The SMILES string of the molecule is C=C(CCCC(C)C)CCC(C)CC(C)CCC. The fourth-order valence-electron chi connectivity index (χ4n) is 2.75. The Hall–Kier alpha value is -0.260. The predicted octanol–water partition coefficient (Wildman–Crippen LogP) is 6.61. The average molecular weight is 252 g/mol. The largest absolute Gasteiger partial charge is 0.0999 e.